The van der Waals surface area contributed by atoms with E-state index in [-0.39, 0.29) is 0 Å². The van der Waals surface area contributed by atoms with Crippen LogP contribution in [-0.2, 0) is 6.42 Å². The Balaban J connectivity index is 2.06. The van der Waals surface area contributed by atoms with Crippen LogP contribution in [-0.4, -0.2) is 12.6 Å². The highest BCUT2D eigenvalue weighted by molar-refractivity contribution is 7.16. The Bertz CT molecular complexity index is 368. The Morgan fingerprint density at radius 3 is 2.61 bits per heavy atom. The molecule has 0 amide bonds. The van der Waals surface area contributed by atoms with E-state index in [1.165, 1.54) is 37.0 Å². The van der Waals surface area contributed by atoms with Crippen LogP contribution in [0.3, 0.4) is 0 Å². The summed E-state index contributed by atoms with van der Waals surface area (Å²) in [5.74, 6) is 0. The van der Waals surface area contributed by atoms with Crippen molar-refractivity contribution in [2.24, 2.45) is 5.41 Å². The van der Waals surface area contributed by atoms with Gasteiger partial charge in [0.1, 0.15) is 0 Å². The molecule has 0 aliphatic heterocycles. The molecule has 0 aromatic carbocycles. The molecule has 1 aliphatic carbocycles. The molecule has 1 N–H and O–H groups in total. The van der Waals surface area contributed by atoms with E-state index in [4.69, 9.17) is 11.6 Å². The van der Waals surface area contributed by atoms with Gasteiger partial charge in [-0.15, -0.1) is 11.3 Å². The molecule has 0 spiro atoms. The zero-order valence-corrected chi connectivity index (χ0v) is 13.0. The molecule has 1 fully saturated rings. The van der Waals surface area contributed by atoms with E-state index in [0.717, 1.165) is 17.3 Å². The Kier molecular flexibility index (Phi) is 5.11. The van der Waals surface area contributed by atoms with Crippen molar-refractivity contribution in [1.29, 1.82) is 0 Å². The minimum absolute atomic E-state index is 0.463. The van der Waals surface area contributed by atoms with Crippen molar-refractivity contribution in [3.8, 4) is 0 Å². The van der Waals surface area contributed by atoms with E-state index in [2.05, 4.69) is 25.2 Å². The largest absolute Gasteiger partial charge is 0.313 e. The summed E-state index contributed by atoms with van der Waals surface area (Å²) in [5, 5.41) is 3.71. The van der Waals surface area contributed by atoms with Crippen LogP contribution in [0.4, 0.5) is 0 Å². The molecule has 1 unspecified atom stereocenters. The Hall–Kier alpha value is -0.0500. The van der Waals surface area contributed by atoms with E-state index in [1.54, 1.807) is 11.3 Å². The third kappa shape index (κ3) is 3.49. The third-order valence-electron chi connectivity index (χ3n) is 4.32. The lowest BCUT2D eigenvalue weighted by atomic mass is 9.69. The molecule has 0 radical (unpaired) electrons. The van der Waals surface area contributed by atoms with E-state index in [9.17, 15) is 0 Å². The van der Waals surface area contributed by atoms with Crippen LogP contribution in [0, 0.1) is 5.41 Å². The Labute approximate surface area is 120 Å². The van der Waals surface area contributed by atoms with Gasteiger partial charge in [0.15, 0.2) is 0 Å². The summed E-state index contributed by atoms with van der Waals surface area (Å²) in [7, 11) is 0. The van der Waals surface area contributed by atoms with E-state index in [0.29, 0.717) is 11.5 Å². The average molecular weight is 286 g/mol. The maximum Gasteiger partial charge on any atom is 0.0931 e. The standard InChI is InChI=1S/C15H24ClNS/c1-3-17-13(11-12-7-8-14(16)18-12)15(2)9-5-4-6-10-15/h7-8,13,17H,3-6,9-11H2,1-2H3. The molecule has 0 saturated heterocycles. The van der Waals surface area contributed by atoms with Crippen molar-refractivity contribution in [3.63, 3.8) is 0 Å². The summed E-state index contributed by atoms with van der Waals surface area (Å²) >= 11 is 7.77. The first-order valence-corrected chi connectivity index (χ1v) is 8.31. The Morgan fingerprint density at radius 2 is 2.06 bits per heavy atom. The first-order chi connectivity index (χ1) is 8.64. The zero-order valence-electron chi connectivity index (χ0n) is 11.5. The molecular weight excluding hydrogens is 262 g/mol. The van der Waals surface area contributed by atoms with Gasteiger partial charge in [-0.3, -0.25) is 0 Å². The summed E-state index contributed by atoms with van der Waals surface area (Å²) in [6.07, 6.45) is 8.06. The SMILES string of the molecule is CCNC(Cc1ccc(Cl)s1)C1(C)CCCCC1. The van der Waals surface area contributed by atoms with Gasteiger partial charge in [0, 0.05) is 10.9 Å². The van der Waals surface area contributed by atoms with Crippen molar-refractivity contribution in [2.45, 2.75) is 58.4 Å². The smallest absolute Gasteiger partial charge is 0.0931 e. The summed E-state index contributed by atoms with van der Waals surface area (Å²) in [4.78, 5) is 1.41. The van der Waals surface area contributed by atoms with Crippen molar-refractivity contribution >= 4 is 22.9 Å². The molecule has 2 rings (SSSR count). The number of rotatable bonds is 5. The number of halogens is 1. The predicted octanol–water partition coefficient (Wildman–Crippen LogP) is 4.89. The van der Waals surface area contributed by atoms with Crippen molar-refractivity contribution < 1.29 is 0 Å². The van der Waals surface area contributed by atoms with Crippen molar-refractivity contribution in [2.75, 3.05) is 6.54 Å². The zero-order chi connectivity index (χ0) is 13.0. The molecule has 1 aromatic rings. The van der Waals surface area contributed by atoms with Crippen LogP contribution in [0.15, 0.2) is 12.1 Å². The maximum atomic E-state index is 6.04. The van der Waals surface area contributed by atoms with Crippen LogP contribution in [0.1, 0.15) is 50.8 Å². The first kappa shape index (κ1) is 14.4. The minimum atomic E-state index is 0.463. The number of thiophene rings is 1. The molecule has 1 heterocycles. The van der Waals surface area contributed by atoms with Gasteiger partial charge in [0.2, 0.25) is 0 Å². The fraction of sp³-hybridized carbons (Fsp3) is 0.733. The van der Waals surface area contributed by atoms with Crippen LogP contribution in [0.5, 0.6) is 0 Å². The first-order valence-electron chi connectivity index (χ1n) is 7.11. The molecular formula is C15H24ClNS. The van der Waals surface area contributed by atoms with Gasteiger partial charge in [-0.2, -0.15) is 0 Å². The number of hydrogen-bond donors (Lipinski definition) is 1. The molecule has 1 saturated carbocycles. The third-order valence-corrected chi connectivity index (χ3v) is 5.58. The van der Waals surface area contributed by atoms with Crippen LogP contribution in [0.2, 0.25) is 4.34 Å². The number of likely N-dealkylation sites (N-methyl/N-ethyl adjacent to an activating group) is 1. The lowest BCUT2D eigenvalue weighted by Gasteiger charge is -2.41. The summed E-state index contributed by atoms with van der Waals surface area (Å²) in [5.41, 5.74) is 0.463. The van der Waals surface area contributed by atoms with Gasteiger partial charge in [-0.25, -0.2) is 0 Å². The van der Waals surface area contributed by atoms with Crippen LogP contribution >= 0.6 is 22.9 Å². The molecule has 102 valence electrons. The van der Waals surface area contributed by atoms with E-state index >= 15 is 0 Å². The second kappa shape index (κ2) is 6.40. The van der Waals surface area contributed by atoms with Crippen LogP contribution in [0.25, 0.3) is 0 Å². The van der Waals surface area contributed by atoms with Gasteiger partial charge < -0.3 is 5.32 Å². The average Bonchev–Trinajstić information content (AvgIpc) is 2.75. The number of hydrogen-bond acceptors (Lipinski definition) is 2. The molecule has 0 bridgehead atoms. The lowest BCUT2D eigenvalue weighted by molar-refractivity contribution is 0.145. The molecule has 1 atom stereocenters. The summed E-state index contributed by atoms with van der Waals surface area (Å²) in [6.45, 7) is 5.73. The second-order valence-corrected chi connectivity index (χ2v) is 7.53. The quantitative estimate of drug-likeness (QED) is 0.812. The fourth-order valence-electron chi connectivity index (χ4n) is 3.18. The van der Waals surface area contributed by atoms with Crippen molar-refractivity contribution in [3.05, 3.63) is 21.3 Å². The highest BCUT2D eigenvalue weighted by Crippen LogP contribution is 2.40. The second-order valence-electron chi connectivity index (χ2n) is 5.73. The predicted molar refractivity (Wildman–Crippen MR) is 81.7 cm³/mol. The summed E-state index contributed by atoms with van der Waals surface area (Å²) < 4.78 is 0.911. The maximum absolute atomic E-state index is 6.04. The lowest BCUT2D eigenvalue weighted by Crippen LogP contribution is -2.46. The molecule has 1 aliphatic rings. The van der Waals surface area contributed by atoms with Gasteiger partial charge in [-0.05, 0) is 43.4 Å². The highest BCUT2D eigenvalue weighted by Gasteiger charge is 2.35. The molecule has 3 heteroatoms. The van der Waals surface area contributed by atoms with Gasteiger partial charge in [0.25, 0.3) is 0 Å². The fourth-order valence-corrected chi connectivity index (χ4v) is 4.31. The number of nitrogens with one attached hydrogen (secondary N) is 1. The summed E-state index contributed by atoms with van der Waals surface area (Å²) in [6, 6.07) is 4.80. The Morgan fingerprint density at radius 1 is 1.33 bits per heavy atom. The van der Waals surface area contributed by atoms with E-state index in [1.807, 2.05) is 6.07 Å². The van der Waals surface area contributed by atoms with Crippen molar-refractivity contribution in [1.82, 2.24) is 5.32 Å². The normalized spacial score (nSPS) is 20.8. The topological polar surface area (TPSA) is 12.0 Å². The van der Waals surface area contributed by atoms with Gasteiger partial charge in [-0.1, -0.05) is 44.7 Å². The minimum Gasteiger partial charge on any atom is -0.313 e. The van der Waals surface area contributed by atoms with Crippen LogP contribution < -0.4 is 5.32 Å². The van der Waals surface area contributed by atoms with Gasteiger partial charge >= 0.3 is 0 Å². The van der Waals surface area contributed by atoms with E-state index < -0.39 is 0 Å². The monoisotopic (exact) mass is 285 g/mol. The van der Waals surface area contributed by atoms with Gasteiger partial charge in [0.05, 0.1) is 4.34 Å². The molecule has 18 heavy (non-hydrogen) atoms. The molecule has 1 aromatic heterocycles. The molecule has 1 nitrogen and oxygen atoms in total. The highest BCUT2D eigenvalue weighted by atomic mass is 35.5.